The van der Waals surface area contributed by atoms with E-state index in [1.165, 1.54) is 4.68 Å². The van der Waals surface area contributed by atoms with Gasteiger partial charge in [-0.25, -0.2) is 4.98 Å². The fourth-order valence-electron chi connectivity index (χ4n) is 4.82. The SMILES string of the molecule is CC[C@@H](C)c1nc2ccc(Br)cc2c(=O)n1N=Cc1cc(C)n(-c2ccc(OCc3ccccc3C#N)cc2)c1C. The first kappa shape index (κ1) is 28.1. The van der Waals surface area contributed by atoms with Crippen molar-refractivity contribution < 1.29 is 4.74 Å². The Balaban J connectivity index is 1.43. The Morgan fingerprint density at radius 3 is 2.59 bits per heavy atom. The molecule has 0 bridgehead atoms. The maximum absolute atomic E-state index is 13.5. The Bertz CT molecular complexity index is 1860. The summed E-state index contributed by atoms with van der Waals surface area (Å²) in [6.45, 7) is 8.53. The van der Waals surface area contributed by atoms with Crippen molar-refractivity contribution in [2.24, 2.45) is 5.10 Å². The van der Waals surface area contributed by atoms with Crippen molar-refractivity contribution in [3.05, 3.63) is 122 Å². The van der Waals surface area contributed by atoms with Crippen LogP contribution < -0.4 is 10.3 Å². The minimum Gasteiger partial charge on any atom is -0.489 e. The number of aromatic nitrogens is 3. The van der Waals surface area contributed by atoms with Crippen LogP contribution in [0.1, 0.15) is 60.1 Å². The minimum absolute atomic E-state index is 0.0643. The molecule has 7 nitrogen and oxygen atoms in total. The first-order valence-corrected chi connectivity index (χ1v) is 14.3. The molecule has 0 unspecified atom stereocenters. The molecule has 0 N–H and O–H groups in total. The van der Waals surface area contributed by atoms with E-state index in [0.717, 1.165) is 44.8 Å². The Morgan fingerprint density at radius 2 is 1.85 bits per heavy atom. The first-order chi connectivity index (χ1) is 19.8. The summed E-state index contributed by atoms with van der Waals surface area (Å²) in [5.74, 6) is 1.43. The van der Waals surface area contributed by atoms with Gasteiger partial charge in [-0.05, 0) is 74.9 Å². The molecule has 0 aliphatic heterocycles. The smallest absolute Gasteiger partial charge is 0.282 e. The summed E-state index contributed by atoms with van der Waals surface area (Å²) >= 11 is 3.46. The molecule has 0 aliphatic rings. The number of ether oxygens (including phenoxy) is 1. The molecule has 0 saturated carbocycles. The number of rotatable bonds is 8. The molecule has 0 spiro atoms. The molecule has 2 heterocycles. The van der Waals surface area contributed by atoms with E-state index in [2.05, 4.69) is 51.6 Å². The van der Waals surface area contributed by atoms with Gasteiger partial charge in [-0.15, -0.1) is 0 Å². The van der Waals surface area contributed by atoms with Crippen LogP contribution in [0.4, 0.5) is 0 Å². The normalized spacial score (nSPS) is 12.1. The number of fused-ring (bicyclic) bond motifs is 1. The van der Waals surface area contributed by atoms with Crippen molar-refractivity contribution in [1.29, 1.82) is 5.26 Å². The van der Waals surface area contributed by atoms with Crippen LogP contribution in [-0.4, -0.2) is 20.4 Å². The number of nitrogens with zero attached hydrogens (tertiary/aromatic N) is 5. The molecule has 0 aliphatic carbocycles. The van der Waals surface area contributed by atoms with Gasteiger partial charge < -0.3 is 9.30 Å². The molecule has 0 amide bonds. The fraction of sp³-hybridized carbons (Fsp3) is 0.212. The lowest BCUT2D eigenvalue weighted by Gasteiger charge is -2.14. The second-order valence-corrected chi connectivity index (χ2v) is 10.9. The maximum atomic E-state index is 13.5. The van der Waals surface area contributed by atoms with Crippen LogP contribution in [0.15, 0.2) is 87.2 Å². The van der Waals surface area contributed by atoms with Gasteiger partial charge in [0.25, 0.3) is 5.56 Å². The van der Waals surface area contributed by atoms with Gasteiger partial charge >= 0.3 is 0 Å². The highest BCUT2D eigenvalue weighted by Crippen LogP contribution is 2.24. The molecule has 41 heavy (non-hydrogen) atoms. The molecule has 5 aromatic rings. The molecule has 3 aromatic carbocycles. The van der Waals surface area contributed by atoms with Crippen LogP contribution >= 0.6 is 15.9 Å². The van der Waals surface area contributed by atoms with Gasteiger partial charge in [0.15, 0.2) is 0 Å². The van der Waals surface area contributed by atoms with E-state index in [4.69, 9.17) is 9.72 Å². The first-order valence-electron chi connectivity index (χ1n) is 13.5. The fourth-order valence-corrected chi connectivity index (χ4v) is 5.18. The molecule has 8 heteroatoms. The third-order valence-electron chi connectivity index (χ3n) is 7.30. The zero-order valence-electron chi connectivity index (χ0n) is 23.4. The van der Waals surface area contributed by atoms with Crippen LogP contribution in [0.2, 0.25) is 0 Å². The largest absolute Gasteiger partial charge is 0.489 e. The van der Waals surface area contributed by atoms with Crippen molar-refractivity contribution in [2.75, 3.05) is 0 Å². The molecule has 206 valence electrons. The summed E-state index contributed by atoms with van der Waals surface area (Å²) in [5.41, 5.74) is 5.87. The minimum atomic E-state index is -0.190. The maximum Gasteiger partial charge on any atom is 0.282 e. The predicted molar refractivity (Wildman–Crippen MR) is 166 cm³/mol. The van der Waals surface area contributed by atoms with Crippen LogP contribution in [0.5, 0.6) is 5.75 Å². The standard InChI is InChI=1S/C33H30BrN5O2/c1-5-21(2)32-37-31-15-10-27(34)17-30(31)33(40)39(32)36-19-26-16-22(3)38(23(26)4)28-11-13-29(14-12-28)41-20-25-9-7-6-8-24(25)18-35/h6-17,19,21H,5,20H2,1-4H3/t21-/m1/s1. The summed E-state index contributed by atoms with van der Waals surface area (Å²) in [6, 6.07) is 25.1. The molecule has 5 rings (SSSR count). The van der Waals surface area contributed by atoms with Gasteiger partial charge in [0.2, 0.25) is 0 Å². The lowest BCUT2D eigenvalue weighted by molar-refractivity contribution is 0.306. The number of nitriles is 1. The van der Waals surface area contributed by atoms with Gasteiger partial charge in [0, 0.05) is 38.6 Å². The molecular weight excluding hydrogens is 578 g/mol. The molecule has 0 radical (unpaired) electrons. The van der Waals surface area contributed by atoms with Crippen LogP contribution in [0.25, 0.3) is 16.6 Å². The number of hydrogen-bond donors (Lipinski definition) is 0. The lowest BCUT2D eigenvalue weighted by Crippen LogP contribution is -2.23. The van der Waals surface area contributed by atoms with Crippen molar-refractivity contribution in [2.45, 2.75) is 46.6 Å². The van der Waals surface area contributed by atoms with E-state index in [0.29, 0.717) is 28.9 Å². The molecular formula is C33H30BrN5O2. The topological polar surface area (TPSA) is 85.2 Å². The van der Waals surface area contributed by atoms with Gasteiger partial charge in [-0.1, -0.05) is 48.0 Å². The van der Waals surface area contributed by atoms with E-state index in [-0.39, 0.29) is 11.5 Å². The zero-order chi connectivity index (χ0) is 29.1. The average Bonchev–Trinajstić information content (AvgIpc) is 3.27. The quantitative estimate of drug-likeness (QED) is 0.172. The number of halogens is 1. The summed E-state index contributed by atoms with van der Waals surface area (Å²) < 4.78 is 10.3. The second kappa shape index (κ2) is 11.9. The second-order valence-electron chi connectivity index (χ2n) is 10.0. The number of aryl methyl sites for hydroxylation is 1. The highest BCUT2D eigenvalue weighted by molar-refractivity contribution is 9.10. The Labute approximate surface area is 247 Å². The van der Waals surface area contributed by atoms with Crippen molar-refractivity contribution in [1.82, 2.24) is 14.2 Å². The van der Waals surface area contributed by atoms with Crippen molar-refractivity contribution in [3.8, 4) is 17.5 Å². The summed E-state index contributed by atoms with van der Waals surface area (Å²) in [4.78, 5) is 18.3. The van der Waals surface area contributed by atoms with Crippen LogP contribution in [0, 0.1) is 25.2 Å². The van der Waals surface area contributed by atoms with Gasteiger partial charge in [0.05, 0.1) is 28.8 Å². The highest BCUT2D eigenvalue weighted by Gasteiger charge is 2.16. The van der Waals surface area contributed by atoms with Crippen LogP contribution in [-0.2, 0) is 6.61 Å². The molecule has 0 saturated heterocycles. The monoisotopic (exact) mass is 607 g/mol. The van der Waals surface area contributed by atoms with Gasteiger partial charge in [0.1, 0.15) is 18.2 Å². The van der Waals surface area contributed by atoms with Crippen molar-refractivity contribution in [3.63, 3.8) is 0 Å². The zero-order valence-corrected chi connectivity index (χ0v) is 25.0. The number of benzene rings is 3. The van der Waals surface area contributed by atoms with Crippen LogP contribution in [0.3, 0.4) is 0 Å². The average molecular weight is 609 g/mol. The Hall–Kier alpha value is -4.48. The number of hydrogen-bond acceptors (Lipinski definition) is 5. The van der Waals surface area contributed by atoms with Gasteiger partial charge in [-0.2, -0.15) is 15.0 Å². The Kier molecular flexibility index (Phi) is 8.18. The summed E-state index contributed by atoms with van der Waals surface area (Å²) in [7, 11) is 0. The van der Waals surface area contributed by atoms with E-state index >= 15 is 0 Å². The molecule has 1 atom stereocenters. The molecule has 2 aromatic heterocycles. The van der Waals surface area contributed by atoms with Gasteiger partial charge in [-0.3, -0.25) is 4.79 Å². The van der Waals surface area contributed by atoms with Crippen molar-refractivity contribution >= 4 is 33.0 Å². The van der Waals surface area contributed by atoms with E-state index in [1.54, 1.807) is 18.3 Å². The highest BCUT2D eigenvalue weighted by atomic mass is 79.9. The summed E-state index contributed by atoms with van der Waals surface area (Å²) in [6.07, 6.45) is 2.57. The third-order valence-corrected chi connectivity index (χ3v) is 7.79. The summed E-state index contributed by atoms with van der Waals surface area (Å²) in [5, 5.41) is 14.5. The predicted octanol–water partition coefficient (Wildman–Crippen LogP) is 7.41. The van der Waals surface area contributed by atoms with E-state index in [1.807, 2.05) is 68.4 Å². The van der Waals surface area contributed by atoms with E-state index < -0.39 is 0 Å². The molecule has 0 fully saturated rings. The lowest BCUT2D eigenvalue weighted by atomic mass is 10.1. The third kappa shape index (κ3) is 5.72. The Morgan fingerprint density at radius 1 is 1.10 bits per heavy atom. The van der Waals surface area contributed by atoms with E-state index in [9.17, 15) is 10.1 Å².